The zero-order valence-electron chi connectivity index (χ0n) is 15.6. The number of aromatic hydroxyl groups is 1. The lowest BCUT2D eigenvalue weighted by Crippen LogP contribution is -2.44. The van der Waals surface area contributed by atoms with Crippen molar-refractivity contribution in [3.63, 3.8) is 0 Å². The van der Waals surface area contributed by atoms with Gasteiger partial charge in [0, 0.05) is 12.6 Å². The van der Waals surface area contributed by atoms with Crippen LogP contribution in [0.25, 0.3) is 0 Å². The van der Waals surface area contributed by atoms with E-state index in [0.29, 0.717) is 18.4 Å². The van der Waals surface area contributed by atoms with Crippen LogP contribution in [0.5, 0.6) is 5.75 Å². The van der Waals surface area contributed by atoms with Crippen LogP contribution in [0, 0.1) is 17.8 Å². The number of likely N-dealkylation sites (tertiary alicyclic amines) is 1. The minimum atomic E-state index is -1.12. The summed E-state index contributed by atoms with van der Waals surface area (Å²) in [6.45, 7) is 2.06. The number of phenolic OH excluding ortho intramolecular Hbond substituents is 1. The quantitative estimate of drug-likeness (QED) is 0.630. The molecule has 2 saturated heterocycles. The number of para-hydroxylation sites is 1. The van der Waals surface area contributed by atoms with Crippen LogP contribution in [0.1, 0.15) is 44.3 Å². The second kappa shape index (κ2) is 6.80. The van der Waals surface area contributed by atoms with Crippen molar-refractivity contribution in [2.75, 3.05) is 7.05 Å². The second-order valence-corrected chi connectivity index (χ2v) is 7.76. The number of benzene rings is 1. The minimum Gasteiger partial charge on any atom is -0.508 e. The highest BCUT2D eigenvalue weighted by Gasteiger charge is 2.56. The summed E-state index contributed by atoms with van der Waals surface area (Å²) in [6.07, 6.45) is 2.13. The molecule has 0 aromatic heterocycles. The highest BCUT2D eigenvalue weighted by atomic mass is 16.5. The number of fused-ring (bicyclic) bond motifs is 3. The van der Waals surface area contributed by atoms with Gasteiger partial charge < -0.3 is 14.8 Å². The fraction of sp³-hybridized carbons (Fsp3) is 0.500. The minimum absolute atomic E-state index is 0.106. The number of hydrogen-bond donors (Lipinski definition) is 2. The summed E-state index contributed by atoms with van der Waals surface area (Å²) in [5.74, 6) is -1.25. The number of allylic oxidation sites excluding steroid dienone is 2. The Hall–Kier alpha value is -2.12. The Bertz CT molecular complexity index is 822. The number of rotatable bonds is 3. The second-order valence-electron chi connectivity index (χ2n) is 7.76. The van der Waals surface area contributed by atoms with Crippen LogP contribution < -0.4 is 0 Å². The van der Waals surface area contributed by atoms with Gasteiger partial charge in [0.2, 0.25) is 11.8 Å². The summed E-state index contributed by atoms with van der Waals surface area (Å²) in [6, 6.07) is 6.89. The molecule has 4 atom stereocenters. The van der Waals surface area contributed by atoms with Crippen LogP contribution in [0.4, 0.5) is 0 Å². The molecule has 0 unspecified atom stereocenters. The maximum atomic E-state index is 12.8. The average molecular weight is 369 g/mol. The molecule has 2 amide bonds. The number of nitrogens with zero attached hydrogens (tertiary/aromatic N) is 1. The van der Waals surface area contributed by atoms with Crippen molar-refractivity contribution >= 4 is 18.9 Å². The van der Waals surface area contributed by atoms with Gasteiger partial charge in [0.25, 0.3) is 0 Å². The maximum absolute atomic E-state index is 12.8. The van der Waals surface area contributed by atoms with Crippen molar-refractivity contribution in [3.05, 3.63) is 40.9 Å². The van der Waals surface area contributed by atoms with E-state index in [1.165, 1.54) is 4.90 Å². The van der Waals surface area contributed by atoms with Gasteiger partial charge in [-0.25, -0.2) is 0 Å². The van der Waals surface area contributed by atoms with Crippen molar-refractivity contribution in [2.45, 2.75) is 38.7 Å². The molecule has 2 aliphatic heterocycles. The molecule has 27 heavy (non-hydrogen) atoms. The molecule has 142 valence electrons. The first kappa shape index (κ1) is 18.3. The first-order chi connectivity index (χ1) is 12.9. The van der Waals surface area contributed by atoms with Crippen LogP contribution >= 0.6 is 0 Å². The third kappa shape index (κ3) is 2.80. The Morgan fingerprint density at radius 2 is 1.96 bits per heavy atom. The third-order valence-electron chi connectivity index (χ3n) is 6.27. The number of carbonyl (C=O) groups excluding carboxylic acids is 2. The molecule has 4 rings (SSSR count). The van der Waals surface area contributed by atoms with Crippen LogP contribution in [-0.4, -0.2) is 41.0 Å². The number of amides is 2. The molecular weight excluding hydrogens is 345 g/mol. The van der Waals surface area contributed by atoms with Gasteiger partial charge in [-0.2, -0.15) is 0 Å². The highest BCUT2D eigenvalue weighted by molar-refractivity contribution is 6.53. The van der Waals surface area contributed by atoms with Gasteiger partial charge in [-0.1, -0.05) is 37.1 Å². The molecule has 2 fully saturated rings. The Kier molecular flexibility index (Phi) is 4.60. The van der Waals surface area contributed by atoms with E-state index in [9.17, 15) is 19.7 Å². The van der Waals surface area contributed by atoms with E-state index in [1.54, 1.807) is 31.3 Å². The van der Waals surface area contributed by atoms with Gasteiger partial charge in [0.05, 0.1) is 17.9 Å². The third-order valence-corrected chi connectivity index (χ3v) is 6.27. The smallest absolute Gasteiger partial charge is 0.487 e. The van der Waals surface area contributed by atoms with E-state index in [2.05, 4.69) is 6.92 Å². The van der Waals surface area contributed by atoms with Gasteiger partial charge >= 0.3 is 7.12 Å². The topological polar surface area (TPSA) is 87.1 Å². The van der Waals surface area contributed by atoms with E-state index in [1.807, 2.05) is 0 Å². The lowest BCUT2D eigenvalue weighted by atomic mass is 9.54. The lowest BCUT2D eigenvalue weighted by Gasteiger charge is -2.42. The van der Waals surface area contributed by atoms with Crippen LogP contribution in [-0.2, 0) is 14.2 Å². The molecule has 1 aliphatic carbocycles. The standard InChI is InChI=1S/C20H24BNO5/c1-3-6-11-9-14-17(20(25)22(2)19(14)24)13-10-16(27-21(26)18(11)13)12-7-4-5-8-15(12)23/h4-5,7-8,13-14,16-17,23,26H,3,6,9-10H2,1-2H3/t13-,14-,16-,17+/m0/s1. The Labute approximate surface area is 159 Å². The fourth-order valence-electron chi connectivity index (χ4n) is 5.07. The van der Waals surface area contributed by atoms with Gasteiger partial charge in [-0.05, 0) is 36.7 Å². The number of hydrogen-bond acceptors (Lipinski definition) is 5. The molecule has 7 heteroatoms. The van der Waals surface area contributed by atoms with Gasteiger partial charge in [0.1, 0.15) is 5.75 Å². The van der Waals surface area contributed by atoms with Gasteiger partial charge in [-0.3, -0.25) is 14.5 Å². The first-order valence-electron chi connectivity index (χ1n) is 9.58. The zero-order chi connectivity index (χ0) is 19.3. The maximum Gasteiger partial charge on any atom is 0.487 e. The largest absolute Gasteiger partial charge is 0.508 e. The number of carbonyl (C=O) groups is 2. The predicted molar refractivity (Wildman–Crippen MR) is 99.3 cm³/mol. The number of phenols is 1. The first-order valence-corrected chi connectivity index (χ1v) is 9.58. The summed E-state index contributed by atoms with van der Waals surface area (Å²) < 4.78 is 5.86. The summed E-state index contributed by atoms with van der Waals surface area (Å²) in [7, 11) is 0.419. The van der Waals surface area contributed by atoms with Crippen molar-refractivity contribution in [1.82, 2.24) is 4.90 Å². The van der Waals surface area contributed by atoms with E-state index in [0.717, 1.165) is 23.9 Å². The van der Waals surface area contributed by atoms with E-state index in [4.69, 9.17) is 4.65 Å². The summed E-state index contributed by atoms with van der Waals surface area (Å²) in [5.41, 5.74) is 2.42. The van der Waals surface area contributed by atoms with Crippen molar-refractivity contribution in [2.24, 2.45) is 17.8 Å². The number of imide groups is 1. The van der Waals surface area contributed by atoms with E-state index < -0.39 is 19.1 Å². The average Bonchev–Trinajstić information content (AvgIpc) is 2.86. The predicted octanol–water partition coefficient (Wildman–Crippen LogP) is 2.22. The summed E-state index contributed by atoms with van der Waals surface area (Å²) in [5, 5.41) is 21.0. The molecule has 0 saturated carbocycles. The van der Waals surface area contributed by atoms with Crippen molar-refractivity contribution < 1.29 is 24.4 Å². The van der Waals surface area contributed by atoms with Gasteiger partial charge in [0.15, 0.2) is 0 Å². The monoisotopic (exact) mass is 369 g/mol. The molecule has 2 heterocycles. The molecule has 1 aromatic carbocycles. The van der Waals surface area contributed by atoms with Crippen LogP contribution in [0.2, 0.25) is 0 Å². The van der Waals surface area contributed by atoms with Crippen LogP contribution in [0.3, 0.4) is 0 Å². The normalized spacial score (nSPS) is 30.6. The van der Waals surface area contributed by atoms with E-state index in [-0.39, 0.29) is 29.4 Å². The zero-order valence-corrected chi connectivity index (χ0v) is 15.6. The Balaban J connectivity index is 1.76. The molecule has 0 bridgehead atoms. The van der Waals surface area contributed by atoms with E-state index >= 15 is 0 Å². The highest BCUT2D eigenvalue weighted by Crippen LogP contribution is 2.52. The molecule has 6 nitrogen and oxygen atoms in total. The lowest BCUT2D eigenvalue weighted by molar-refractivity contribution is -0.138. The summed E-state index contributed by atoms with van der Waals surface area (Å²) in [4.78, 5) is 26.6. The molecule has 3 aliphatic rings. The van der Waals surface area contributed by atoms with Gasteiger partial charge in [-0.15, -0.1) is 0 Å². The molecule has 0 spiro atoms. The fourth-order valence-corrected chi connectivity index (χ4v) is 5.07. The molecule has 2 N–H and O–H groups in total. The SMILES string of the molecule is CCCC1=C2B(O)O[C@H](c3ccccc3O)C[C@H]2[C@H]2C(=O)N(C)C(=O)[C@H]2C1. The van der Waals surface area contributed by atoms with Crippen LogP contribution in [0.15, 0.2) is 35.3 Å². The molecule has 1 aromatic rings. The summed E-state index contributed by atoms with van der Waals surface area (Å²) >= 11 is 0. The van der Waals surface area contributed by atoms with Crippen molar-refractivity contribution in [1.29, 1.82) is 0 Å². The Morgan fingerprint density at radius 1 is 1.22 bits per heavy atom. The van der Waals surface area contributed by atoms with Crippen molar-refractivity contribution in [3.8, 4) is 5.75 Å². The molecular formula is C20H24BNO5. The molecule has 0 radical (unpaired) electrons. The Morgan fingerprint density at radius 3 is 2.67 bits per heavy atom.